The number of nitrogens with one attached hydrogen (secondary N) is 1. The fourth-order valence-corrected chi connectivity index (χ4v) is 4.96. The van der Waals surface area contributed by atoms with E-state index in [0.29, 0.717) is 56.1 Å². The maximum Gasteiger partial charge on any atom is 0.410 e. The molecule has 0 aromatic heterocycles. The van der Waals surface area contributed by atoms with Gasteiger partial charge in [-0.25, -0.2) is 4.79 Å². The van der Waals surface area contributed by atoms with Crippen LogP contribution in [0.4, 0.5) is 4.79 Å². The summed E-state index contributed by atoms with van der Waals surface area (Å²) >= 11 is 0. The normalized spacial score (nSPS) is 17.2. The number of ether oxygens (including phenoxy) is 4. The second kappa shape index (κ2) is 16.4. The first kappa shape index (κ1) is 34.2. The van der Waals surface area contributed by atoms with Gasteiger partial charge in [-0.1, -0.05) is 13.3 Å². The molecule has 0 bridgehead atoms. The standard InChI is InChI=1S/C31H51N3O7/c1-9-10-16-32-28(35)20-24-13-14-25(21-33(24)30(37)41-31(4,5)6)34(22(2)3)29(36)23-12-15-26(39-8)27(19-23)40-18-11-17-38-7/h12,15,19,22,24-25H,9-11,13-14,16-18,20-21H2,1-8H3,(H,32,35)/t24-,25?/m0/s1. The van der Waals surface area contributed by atoms with E-state index in [-0.39, 0.29) is 42.9 Å². The van der Waals surface area contributed by atoms with E-state index >= 15 is 0 Å². The largest absolute Gasteiger partial charge is 0.493 e. The summed E-state index contributed by atoms with van der Waals surface area (Å²) < 4.78 is 22.2. The van der Waals surface area contributed by atoms with Gasteiger partial charge in [0, 0.05) is 57.3 Å². The minimum atomic E-state index is -0.686. The van der Waals surface area contributed by atoms with E-state index in [1.165, 1.54) is 0 Å². The van der Waals surface area contributed by atoms with Gasteiger partial charge in [0.1, 0.15) is 5.60 Å². The van der Waals surface area contributed by atoms with Crippen LogP contribution >= 0.6 is 0 Å². The van der Waals surface area contributed by atoms with Crippen molar-refractivity contribution in [2.24, 2.45) is 0 Å². The Kier molecular flexibility index (Phi) is 13.7. The Morgan fingerprint density at radius 3 is 2.41 bits per heavy atom. The number of unbranched alkanes of at least 4 members (excludes halogenated alkanes) is 1. The van der Waals surface area contributed by atoms with Gasteiger partial charge in [0.25, 0.3) is 5.91 Å². The van der Waals surface area contributed by atoms with E-state index in [1.54, 1.807) is 37.3 Å². The highest BCUT2D eigenvalue weighted by molar-refractivity contribution is 5.95. The number of carbonyl (C=O) groups excluding carboxylic acids is 3. The highest BCUT2D eigenvalue weighted by atomic mass is 16.6. The molecule has 1 aromatic rings. The minimum Gasteiger partial charge on any atom is -0.493 e. The number of benzene rings is 1. The zero-order chi connectivity index (χ0) is 30.6. The van der Waals surface area contributed by atoms with Gasteiger partial charge >= 0.3 is 6.09 Å². The molecule has 3 amide bonds. The summed E-state index contributed by atoms with van der Waals surface area (Å²) in [4.78, 5) is 43.4. The number of hydrogen-bond donors (Lipinski definition) is 1. The zero-order valence-corrected chi connectivity index (χ0v) is 26.3. The van der Waals surface area contributed by atoms with Gasteiger partial charge in [-0.15, -0.1) is 0 Å². The van der Waals surface area contributed by atoms with Crippen LogP contribution in [-0.4, -0.2) is 92.0 Å². The number of hydrogen-bond acceptors (Lipinski definition) is 7. The van der Waals surface area contributed by atoms with E-state index < -0.39 is 11.7 Å². The molecule has 2 atom stereocenters. The SMILES string of the molecule is CCCCNC(=O)C[C@@H]1CCC(N(C(=O)c2ccc(OC)c(OCCCOC)c2)C(C)C)CN1C(=O)OC(C)(C)C. The van der Waals surface area contributed by atoms with Gasteiger partial charge in [-0.2, -0.15) is 0 Å². The predicted octanol–water partition coefficient (Wildman–Crippen LogP) is 5.04. The Bertz CT molecular complexity index is 992. The number of methoxy groups -OCH3 is 2. The second-order valence-corrected chi connectivity index (χ2v) is 11.8. The number of amides is 3. The lowest BCUT2D eigenvalue weighted by molar-refractivity contribution is -0.122. The number of nitrogens with zero attached hydrogens (tertiary/aromatic N) is 2. The smallest absolute Gasteiger partial charge is 0.410 e. The number of likely N-dealkylation sites (tertiary alicyclic amines) is 1. The summed E-state index contributed by atoms with van der Waals surface area (Å²) in [6.45, 7) is 13.4. The monoisotopic (exact) mass is 577 g/mol. The van der Waals surface area contributed by atoms with Crippen LogP contribution in [0.5, 0.6) is 11.5 Å². The molecule has 1 unspecified atom stereocenters. The summed E-state index contributed by atoms with van der Waals surface area (Å²) in [6, 6.07) is 4.49. The first-order valence-corrected chi connectivity index (χ1v) is 14.8. The average molecular weight is 578 g/mol. The second-order valence-electron chi connectivity index (χ2n) is 11.8. The van der Waals surface area contributed by atoms with E-state index in [9.17, 15) is 14.4 Å². The van der Waals surface area contributed by atoms with E-state index in [4.69, 9.17) is 18.9 Å². The predicted molar refractivity (Wildman–Crippen MR) is 159 cm³/mol. The number of rotatable bonds is 14. The van der Waals surface area contributed by atoms with Crippen LogP contribution in [0.3, 0.4) is 0 Å². The molecule has 10 nitrogen and oxygen atoms in total. The molecule has 41 heavy (non-hydrogen) atoms. The molecule has 232 valence electrons. The van der Waals surface area contributed by atoms with Gasteiger partial charge in [-0.05, 0) is 72.1 Å². The summed E-state index contributed by atoms with van der Waals surface area (Å²) in [6.07, 6.45) is 3.57. The lowest BCUT2D eigenvalue weighted by Crippen LogP contribution is -2.58. The molecule has 1 aliphatic heterocycles. The molecule has 0 aliphatic carbocycles. The molecule has 2 rings (SSSR count). The summed E-state index contributed by atoms with van der Waals surface area (Å²) in [7, 11) is 3.20. The highest BCUT2D eigenvalue weighted by Crippen LogP contribution is 2.31. The van der Waals surface area contributed by atoms with E-state index in [0.717, 1.165) is 12.8 Å². The van der Waals surface area contributed by atoms with Gasteiger partial charge < -0.3 is 34.1 Å². The molecule has 1 N–H and O–H groups in total. The lowest BCUT2D eigenvalue weighted by atomic mass is 9.93. The molecule has 10 heteroatoms. The maximum absolute atomic E-state index is 13.9. The molecular weight excluding hydrogens is 526 g/mol. The van der Waals surface area contributed by atoms with Crippen molar-refractivity contribution in [3.8, 4) is 11.5 Å². The average Bonchev–Trinajstić information content (AvgIpc) is 2.90. The van der Waals surface area contributed by atoms with Gasteiger partial charge in [0.05, 0.1) is 19.8 Å². The van der Waals surface area contributed by atoms with Crippen molar-refractivity contribution in [3.05, 3.63) is 23.8 Å². The van der Waals surface area contributed by atoms with Crippen molar-refractivity contribution < 1.29 is 33.3 Å². The Morgan fingerprint density at radius 2 is 1.80 bits per heavy atom. The van der Waals surface area contributed by atoms with Crippen LogP contribution in [0.15, 0.2) is 18.2 Å². The Morgan fingerprint density at radius 1 is 1.07 bits per heavy atom. The molecule has 0 radical (unpaired) electrons. The maximum atomic E-state index is 13.9. The van der Waals surface area contributed by atoms with Crippen molar-refractivity contribution >= 4 is 17.9 Å². The van der Waals surface area contributed by atoms with E-state index in [1.807, 2.05) is 39.5 Å². The molecule has 1 aliphatic rings. The fraction of sp³-hybridized carbons (Fsp3) is 0.710. The Balaban J connectivity index is 2.28. The van der Waals surface area contributed by atoms with E-state index in [2.05, 4.69) is 12.2 Å². The molecular formula is C31H51N3O7. The van der Waals surface area contributed by atoms with Crippen LogP contribution in [0.2, 0.25) is 0 Å². The molecule has 0 saturated carbocycles. The number of carbonyl (C=O) groups is 3. The Labute approximate surface area is 246 Å². The highest BCUT2D eigenvalue weighted by Gasteiger charge is 2.39. The van der Waals surface area contributed by atoms with Crippen LogP contribution in [0.1, 0.15) is 90.4 Å². The van der Waals surface area contributed by atoms with Gasteiger partial charge in [0.15, 0.2) is 11.5 Å². The molecule has 1 fully saturated rings. The third-order valence-electron chi connectivity index (χ3n) is 6.93. The van der Waals surface area contributed by atoms with Crippen molar-refractivity contribution in [3.63, 3.8) is 0 Å². The first-order valence-electron chi connectivity index (χ1n) is 14.8. The molecule has 0 spiro atoms. The molecule has 1 heterocycles. The summed E-state index contributed by atoms with van der Waals surface area (Å²) in [5.41, 5.74) is -0.212. The first-order chi connectivity index (χ1) is 19.4. The third kappa shape index (κ3) is 10.7. The van der Waals surface area contributed by atoms with Crippen LogP contribution in [0.25, 0.3) is 0 Å². The van der Waals surface area contributed by atoms with Crippen molar-refractivity contribution in [1.29, 1.82) is 0 Å². The molecule has 1 aromatic carbocycles. The molecule has 1 saturated heterocycles. The number of piperidine rings is 1. The fourth-order valence-electron chi connectivity index (χ4n) is 4.96. The summed E-state index contributed by atoms with van der Waals surface area (Å²) in [5.74, 6) is 0.799. The third-order valence-corrected chi connectivity index (χ3v) is 6.93. The van der Waals surface area contributed by atoms with Gasteiger partial charge in [0.2, 0.25) is 5.91 Å². The van der Waals surface area contributed by atoms with Crippen molar-refractivity contribution in [2.45, 2.75) is 104 Å². The topological polar surface area (TPSA) is 107 Å². The zero-order valence-electron chi connectivity index (χ0n) is 26.3. The lowest BCUT2D eigenvalue weighted by Gasteiger charge is -2.45. The van der Waals surface area contributed by atoms with Crippen LogP contribution in [0, 0.1) is 0 Å². The quantitative estimate of drug-likeness (QED) is 0.309. The minimum absolute atomic E-state index is 0.0801. The van der Waals surface area contributed by atoms with Crippen LogP contribution in [-0.2, 0) is 14.3 Å². The van der Waals surface area contributed by atoms with Crippen molar-refractivity contribution in [2.75, 3.05) is 40.5 Å². The Hall–Kier alpha value is -3.01. The summed E-state index contributed by atoms with van der Waals surface area (Å²) in [5, 5.41) is 2.96. The van der Waals surface area contributed by atoms with Gasteiger partial charge in [-0.3, -0.25) is 9.59 Å². The van der Waals surface area contributed by atoms with Crippen LogP contribution < -0.4 is 14.8 Å². The van der Waals surface area contributed by atoms with Crippen molar-refractivity contribution in [1.82, 2.24) is 15.1 Å².